The number of hydrogen-bond acceptors (Lipinski definition) is 0. The molecule has 0 fully saturated rings. The maximum Gasteiger partial charge on any atom is -0.0443 e. The molecule has 0 saturated carbocycles. The summed E-state index contributed by atoms with van der Waals surface area (Å²) in [4.78, 5) is 0. The van der Waals surface area contributed by atoms with Crippen LogP contribution in [-0.4, -0.2) is 0 Å². The van der Waals surface area contributed by atoms with Gasteiger partial charge in [0.05, 0.1) is 0 Å². The van der Waals surface area contributed by atoms with Gasteiger partial charge >= 0.3 is 0 Å². The van der Waals surface area contributed by atoms with Crippen molar-refractivity contribution in [2.45, 2.75) is 245 Å². The Balaban J connectivity index is 3.13. The molecular weight excluding hydrogens is 468 g/mol. The summed E-state index contributed by atoms with van der Waals surface area (Å²) >= 11 is 0. The maximum atomic E-state index is 2.51. The van der Waals surface area contributed by atoms with Crippen LogP contribution in [-0.2, 0) is 0 Å². The fourth-order valence-electron chi connectivity index (χ4n) is 6.40. The fourth-order valence-corrected chi connectivity index (χ4v) is 6.40. The molecule has 236 valence electrons. The Morgan fingerprint density at radius 3 is 0.564 bits per heavy atom. The first-order valence-electron chi connectivity index (χ1n) is 19.3. The lowest BCUT2D eigenvalue weighted by Crippen LogP contribution is -1.95. The van der Waals surface area contributed by atoms with Gasteiger partial charge in [0.1, 0.15) is 0 Å². The van der Waals surface area contributed by atoms with Gasteiger partial charge in [0.2, 0.25) is 0 Å². The van der Waals surface area contributed by atoms with Gasteiger partial charge < -0.3 is 0 Å². The molecule has 0 N–H and O–H groups in total. The summed E-state index contributed by atoms with van der Waals surface area (Å²) in [5.41, 5.74) is 0. The minimum atomic E-state index is 0.966. The summed E-state index contributed by atoms with van der Waals surface area (Å²) in [6.07, 6.45) is 51.7. The number of hydrogen-bond donors (Lipinski definition) is 0. The van der Waals surface area contributed by atoms with Crippen molar-refractivity contribution in [2.75, 3.05) is 0 Å². The Morgan fingerprint density at radius 2 is 0.385 bits per heavy atom. The van der Waals surface area contributed by atoms with Crippen LogP contribution in [0.1, 0.15) is 245 Å². The predicted octanol–water partition coefficient (Wildman–Crippen LogP) is 15.3. The van der Waals surface area contributed by atoms with Crippen LogP contribution in [0.25, 0.3) is 0 Å². The van der Waals surface area contributed by atoms with E-state index in [4.69, 9.17) is 0 Å². The molecule has 0 nitrogen and oxygen atoms in total. The molecule has 0 aliphatic carbocycles. The zero-order valence-electron chi connectivity index (χ0n) is 28.3. The molecule has 0 aliphatic rings. The van der Waals surface area contributed by atoms with E-state index in [0.717, 1.165) is 5.92 Å². The summed E-state index contributed by atoms with van der Waals surface area (Å²) in [6.45, 7) is 7.13. The van der Waals surface area contributed by atoms with Gasteiger partial charge in [-0.2, -0.15) is 0 Å². The first kappa shape index (κ1) is 39.0. The van der Waals surface area contributed by atoms with Crippen LogP contribution in [0, 0.1) is 5.92 Å². The van der Waals surface area contributed by atoms with Crippen LogP contribution >= 0.6 is 0 Å². The third-order valence-corrected chi connectivity index (χ3v) is 9.35. The van der Waals surface area contributed by atoms with Gasteiger partial charge in [-0.3, -0.25) is 0 Å². The van der Waals surface area contributed by atoms with Crippen LogP contribution in [0.3, 0.4) is 0 Å². The Morgan fingerprint density at radius 1 is 0.231 bits per heavy atom. The van der Waals surface area contributed by atoms with Crippen molar-refractivity contribution < 1.29 is 0 Å². The van der Waals surface area contributed by atoms with Crippen molar-refractivity contribution in [1.29, 1.82) is 0 Å². The van der Waals surface area contributed by atoms with E-state index in [1.54, 1.807) is 0 Å². The lowest BCUT2D eigenvalue weighted by atomic mass is 9.95. The second kappa shape index (κ2) is 36.0. The predicted molar refractivity (Wildman–Crippen MR) is 182 cm³/mol. The van der Waals surface area contributed by atoms with Crippen molar-refractivity contribution in [3.8, 4) is 0 Å². The molecule has 0 rings (SSSR count). The van der Waals surface area contributed by atoms with E-state index in [2.05, 4.69) is 20.8 Å². The molecule has 0 aromatic heterocycles. The summed E-state index contributed by atoms with van der Waals surface area (Å²) in [7, 11) is 0. The SMILES string of the molecule is CCCCCCCCCCCCCCCCCCCCC(C)CCCCCCCCCCCCCCCCC. The second-order valence-corrected chi connectivity index (χ2v) is 13.6. The van der Waals surface area contributed by atoms with Crippen molar-refractivity contribution in [3.05, 3.63) is 0 Å². The van der Waals surface area contributed by atoms with Crippen LogP contribution < -0.4 is 0 Å². The smallest absolute Gasteiger partial charge is 0.0443 e. The van der Waals surface area contributed by atoms with E-state index in [9.17, 15) is 0 Å². The van der Waals surface area contributed by atoms with E-state index in [1.165, 1.54) is 225 Å². The molecule has 0 spiro atoms. The average molecular weight is 549 g/mol. The quantitative estimate of drug-likeness (QED) is 0.0691. The molecule has 0 amide bonds. The topological polar surface area (TPSA) is 0 Å². The first-order valence-corrected chi connectivity index (χ1v) is 19.3. The van der Waals surface area contributed by atoms with Crippen LogP contribution in [0.2, 0.25) is 0 Å². The maximum absolute atomic E-state index is 2.51. The molecule has 0 saturated heterocycles. The normalized spacial score (nSPS) is 12.4. The third kappa shape index (κ3) is 36.0. The summed E-state index contributed by atoms with van der Waals surface area (Å²) in [5.74, 6) is 0.966. The van der Waals surface area contributed by atoms with Gasteiger partial charge in [-0.05, 0) is 5.92 Å². The zero-order valence-corrected chi connectivity index (χ0v) is 28.3. The lowest BCUT2D eigenvalue weighted by molar-refractivity contribution is 0.429. The molecule has 39 heavy (non-hydrogen) atoms. The van der Waals surface area contributed by atoms with Gasteiger partial charge in [0.25, 0.3) is 0 Å². The largest absolute Gasteiger partial charge is 0.0654 e. The Bertz CT molecular complexity index is 399. The van der Waals surface area contributed by atoms with Crippen LogP contribution in [0.4, 0.5) is 0 Å². The van der Waals surface area contributed by atoms with E-state index in [1.807, 2.05) is 0 Å². The molecule has 1 atom stereocenters. The van der Waals surface area contributed by atoms with E-state index >= 15 is 0 Å². The standard InChI is InChI=1S/C39H80/c1-4-6-8-10-12-14-16-18-20-21-22-24-26-28-30-32-34-36-38-39(3)37-35-33-31-29-27-25-23-19-17-15-13-11-9-7-5-2/h39H,4-38H2,1-3H3. The summed E-state index contributed by atoms with van der Waals surface area (Å²) < 4.78 is 0. The van der Waals surface area contributed by atoms with E-state index in [0.29, 0.717) is 0 Å². The molecule has 1 unspecified atom stereocenters. The molecule has 0 aliphatic heterocycles. The monoisotopic (exact) mass is 549 g/mol. The van der Waals surface area contributed by atoms with Crippen molar-refractivity contribution in [1.82, 2.24) is 0 Å². The highest BCUT2D eigenvalue weighted by atomic mass is 14.1. The van der Waals surface area contributed by atoms with Gasteiger partial charge in [-0.15, -0.1) is 0 Å². The summed E-state index contributed by atoms with van der Waals surface area (Å²) in [5, 5.41) is 0. The van der Waals surface area contributed by atoms with Gasteiger partial charge in [0.15, 0.2) is 0 Å². The minimum absolute atomic E-state index is 0.966. The average Bonchev–Trinajstić information content (AvgIpc) is 2.94. The third-order valence-electron chi connectivity index (χ3n) is 9.35. The van der Waals surface area contributed by atoms with Crippen LogP contribution in [0.5, 0.6) is 0 Å². The van der Waals surface area contributed by atoms with E-state index in [-0.39, 0.29) is 0 Å². The first-order chi connectivity index (χ1) is 19.3. The molecule has 0 aromatic carbocycles. The highest BCUT2D eigenvalue weighted by Gasteiger charge is 2.02. The van der Waals surface area contributed by atoms with Crippen LogP contribution in [0.15, 0.2) is 0 Å². The Labute approximate surface area is 251 Å². The Kier molecular flexibility index (Phi) is 36.0. The molecule has 0 heterocycles. The molecule has 0 radical (unpaired) electrons. The zero-order chi connectivity index (χ0) is 28.3. The summed E-state index contributed by atoms with van der Waals surface area (Å²) in [6, 6.07) is 0. The van der Waals surface area contributed by atoms with E-state index < -0.39 is 0 Å². The second-order valence-electron chi connectivity index (χ2n) is 13.6. The highest BCUT2D eigenvalue weighted by molar-refractivity contribution is 4.57. The molecule has 0 heteroatoms. The number of unbranched alkanes of at least 4 members (excludes halogenated alkanes) is 31. The highest BCUT2D eigenvalue weighted by Crippen LogP contribution is 2.20. The van der Waals surface area contributed by atoms with Gasteiger partial charge in [0, 0.05) is 0 Å². The molecule has 0 bridgehead atoms. The van der Waals surface area contributed by atoms with Crippen molar-refractivity contribution in [3.63, 3.8) is 0 Å². The van der Waals surface area contributed by atoms with Crippen molar-refractivity contribution >= 4 is 0 Å². The number of rotatable bonds is 35. The molecule has 0 aromatic rings. The fraction of sp³-hybridized carbons (Fsp3) is 1.00. The van der Waals surface area contributed by atoms with Crippen molar-refractivity contribution in [2.24, 2.45) is 5.92 Å². The Hall–Kier alpha value is 0. The minimum Gasteiger partial charge on any atom is -0.0654 e. The lowest BCUT2D eigenvalue weighted by Gasteiger charge is -2.11. The van der Waals surface area contributed by atoms with Gasteiger partial charge in [-0.25, -0.2) is 0 Å². The molecular formula is C39H80. The van der Waals surface area contributed by atoms with Gasteiger partial charge in [-0.1, -0.05) is 245 Å².